The van der Waals surface area contributed by atoms with Crippen LogP contribution in [0.5, 0.6) is 0 Å². The first-order valence-corrected chi connectivity index (χ1v) is 4.02. The molecule has 0 saturated heterocycles. The molecule has 0 aromatic carbocycles. The van der Waals surface area contributed by atoms with Crippen molar-refractivity contribution in [1.29, 1.82) is 0 Å². The maximum Gasteiger partial charge on any atom is 0.348 e. The molecule has 0 aromatic rings. The Kier molecular flexibility index (Phi) is 1.97. The molecular formula is C8H14N2O3. The fraction of sp³-hybridized carbons (Fsp3) is 0.750. The van der Waals surface area contributed by atoms with Crippen LogP contribution in [0, 0.1) is 0 Å². The monoisotopic (exact) mass is 186 g/mol. The van der Waals surface area contributed by atoms with Gasteiger partial charge in [-0.05, 0) is 27.7 Å². The average molecular weight is 186 g/mol. The molecule has 2 N–H and O–H groups in total. The Balaban J connectivity index is 3.17. The van der Waals surface area contributed by atoms with Crippen LogP contribution in [0.25, 0.3) is 0 Å². The summed E-state index contributed by atoms with van der Waals surface area (Å²) < 4.78 is 0. The van der Waals surface area contributed by atoms with Crippen LogP contribution in [0.2, 0.25) is 0 Å². The Hall–Kier alpha value is -0.940. The van der Waals surface area contributed by atoms with E-state index in [1.54, 1.807) is 20.8 Å². The molecule has 0 saturated carbocycles. The van der Waals surface area contributed by atoms with Gasteiger partial charge in [-0.25, -0.2) is 4.79 Å². The molecule has 1 aliphatic heterocycles. The van der Waals surface area contributed by atoms with Gasteiger partial charge in [-0.3, -0.25) is 4.99 Å². The summed E-state index contributed by atoms with van der Waals surface area (Å²) in [5.74, 6) is -1.15. The van der Waals surface area contributed by atoms with Gasteiger partial charge in [-0.15, -0.1) is 5.06 Å². The molecule has 1 heterocycles. The highest BCUT2D eigenvalue weighted by atomic mass is 16.5. The van der Waals surface area contributed by atoms with E-state index in [4.69, 9.17) is 5.11 Å². The van der Waals surface area contributed by atoms with Gasteiger partial charge >= 0.3 is 5.97 Å². The van der Waals surface area contributed by atoms with E-state index in [0.29, 0.717) is 5.71 Å². The summed E-state index contributed by atoms with van der Waals surface area (Å²) in [6.07, 6.45) is 0. The second-order valence-electron chi connectivity index (χ2n) is 3.89. The summed E-state index contributed by atoms with van der Waals surface area (Å²) in [5.41, 5.74) is -1.65. The summed E-state index contributed by atoms with van der Waals surface area (Å²) in [6, 6.07) is 0. The van der Waals surface area contributed by atoms with Gasteiger partial charge in [0.05, 0.1) is 5.54 Å². The van der Waals surface area contributed by atoms with Crippen molar-refractivity contribution in [3.63, 3.8) is 0 Å². The maximum atomic E-state index is 10.9. The van der Waals surface area contributed by atoms with Gasteiger partial charge in [0.25, 0.3) is 0 Å². The highest BCUT2D eigenvalue weighted by Gasteiger charge is 2.52. The Bertz CT molecular complexity index is 285. The number of hydrogen-bond donors (Lipinski definition) is 2. The van der Waals surface area contributed by atoms with Gasteiger partial charge in [-0.2, -0.15) is 0 Å². The van der Waals surface area contributed by atoms with E-state index in [-0.39, 0.29) is 0 Å². The molecule has 1 rings (SSSR count). The maximum absolute atomic E-state index is 10.9. The van der Waals surface area contributed by atoms with Crippen molar-refractivity contribution < 1.29 is 15.1 Å². The van der Waals surface area contributed by atoms with E-state index in [2.05, 4.69) is 4.99 Å². The van der Waals surface area contributed by atoms with Gasteiger partial charge in [0.1, 0.15) is 0 Å². The molecule has 0 amide bonds. The number of hydroxylamine groups is 2. The number of nitrogens with zero attached hydrogens (tertiary/aromatic N) is 2. The molecule has 0 bridgehead atoms. The van der Waals surface area contributed by atoms with Crippen molar-refractivity contribution >= 4 is 11.7 Å². The Labute approximate surface area is 76.6 Å². The minimum Gasteiger partial charge on any atom is -0.478 e. The standard InChI is InChI=1S/C8H14N2O3/c1-5-7(2,3)10(13)8(4,9-5)6(11)12/h13H,1-4H3,(H,11,12). The van der Waals surface area contributed by atoms with Gasteiger partial charge in [0.15, 0.2) is 0 Å². The van der Waals surface area contributed by atoms with Crippen LogP contribution in [0.1, 0.15) is 27.7 Å². The van der Waals surface area contributed by atoms with Crippen LogP contribution in [0.15, 0.2) is 4.99 Å². The fourth-order valence-corrected chi connectivity index (χ4v) is 1.35. The minimum absolute atomic E-state index is 0.611. The van der Waals surface area contributed by atoms with Crippen molar-refractivity contribution in [2.45, 2.75) is 38.9 Å². The molecule has 5 nitrogen and oxygen atoms in total. The van der Waals surface area contributed by atoms with Gasteiger partial charge in [-0.1, -0.05) is 0 Å². The molecule has 0 fully saturated rings. The third-order valence-corrected chi connectivity index (χ3v) is 2.62. The van der Waals surface area contributed by atoms with Crippen LogP contribution < -0.4 is 0 Å². The quantitative estimate of drug-likeness (QED) is 0.633. The van der Waals surface area contributed by atoms with Crippen molar-refractivity contribution in [3.05, 3.63) is 0 Å². The molecule has 1 aliphatic rings. The number of carboxylic acid groups (broad SMARTS) is 1. The Morgan fingerprint density at radius 1 is 1.46 bits per heavy atom. The second kappa shape index (κ2) is 2.52. The lowest BCUT2D eigenvalue weighted by Gasteiger charge is -2.32. The van der Waals surface area contributed by atoms with Crippen LogP contribution in [-0.4, -0.2) is 38.3 Å². The Morgan fingerprint density at radius 2 is 1.92 bits per heavy atom. The smallest absolute Gasteiger partial charge is 0.348 e. The van der Waals surface area contributed by atoms with Crippen molar-refractivity contribution in [3.8, 4) is 0 Å². The lowest BCUT2D eigenvalue weighted by Crippen LogP contribution is -2.54. The van der Waals surface area contributed by atoms with Gasteiger partial charge in [0.2, 0.25) is 5.66 Å². The highest BCUT2D eigenvalue weighted by Crippen LogP contribution is 2.33. The second-order valence-corrected chi connectivity index (χ2v) is 3.89. The normalized spacial score (nSPS) is 33.2. The first-order chi connectivity index (χ1) is 5.73. The first-order valence-electron chi connectivity index (χ1n) is 4.02. The van der Waals surface area contributed by atoms with Gasteiger partial charge < -0.3 is 10.3 Å². The first kappa shape index (κ1) is 10.1. The SMILES string of the molecule is CC1=NC(C)(C(=O)O)N(O)C1(C)C. The van der Waals surface area contributed by atoms with E-state index in [0.717, 1.165) is 5.06 Å². The predicted molar refractivity (Wildman–Crippen MR) is 46.9 cm³/mol. The lowest BCUT2D eigenvalue weighted by molar-refractivity contribution is -0.208. The zero-order valence-electron chi connectivity index (χ0n) is 8.20. The molecule has 74 valence electrons. The predicted octanol–water partition coefficient (Wildman–Crippen LogP) is 0.732. The van der Waals surface area contributed by atoms with Crippen molar-refractivity contribution in [2.75, 3.05) is 0 Å². The summed E-state index contributed by atoms with van der Waals surface area (Å²) in [6.45, 7) is 6.52. The summed E-state index contributed by atoms with van der Waals surface area (Å²) in [4.78, 5) is 14.8. The number of rotatable bonds is 1. The largest absolute Gasteiger partial charge is 0.478 e. The molecule has 0 radical (unpaired) electrons. The van der Waals surface area contributed by atoms with E-state index in [9.17, 15) is 10.0 Å². The molecule has 0 spiro atoms. The van der Waals surface area contributed by atoms with E-state index >= 15 is 0 Å². The summed E-state index contributed by atoms with van der Waals surface area (Å²) in [5, 5.41) is 19.3. The van der Waals surface area contributed by atoms with Crippen LogP contribution in [0.4, 0.5) is 0 Å². The van der Waals surface area contributed by atoms with Gasteiger partial charge in [0, 0.05) is 5.71 Å². The summed E-state index contributed by atoms with van der Waals surface area (Å²) >= 11 is 0. The number of carbonyl (C=O) groups is 1. The number of carboxylic acids is 1. The fourth-order valence-electron chi connectivity index (χ4n) is 1.35. The van der Waals surface area contributed by atoms with Crippen LogP contribution in [0.3, 0.4) is 0 Å². The molecular weight excluding hydrogens is 172 g/mol. The summed E-state index contributed by atoms with van der Waals surface area (Å²) in [7, 11) is 0. The number of hydrogen-bond acceptors (Lipinski definition) is 4. The van der Waals surface area contributed by atoms with Crippen molar-refractivity contribution in [2.24, 2.45) is 4.99 Å². The third-order valence-electron chi connectivity index (χ3n) is 2.62. The zero-order chi connectivity index (χ0) is 10.4. The van der Waals surface area contributed by atoms with E-state index < -0.39 is 17.2 Å². The molecule has 1 unspecified atom stereocenters. The number of aliphatic carboxylic acids is 1. The lowest BCUT2D eigenvalue weighted by atomic mass is 10.00. The third kappa shape index (κ3) is 1.15. The molecule has 0 aliphatic carbocycles. The average Bonchev–Trinajstić information content (AvgIpc) is 2.14. The van der Waals surface area contributed by atoms with Crippen LogP contribution in [-0.2, 0) is 4.79 Å². The molecule has 0 aromatic heterocycles. The van der Waals surface area contributed by atoms with Crippen molar-refractivity contribution in [1.82, 2.24) is 5.06 Å². The van der Waals surface area contributed by atoms with E-state index in [1.807, 2.05) is 0 Å². The molecule has 1 atom stereocenters. The molecule has 5 heteroatoms. The highest BCUT2D eigenvalue weighted by molar-refractivity contribution is 5.96. The van der Waals surface area contributed by atoms with Crippen LogP contribution >= 0.6 is 0 Å². The zero-order valence-corrected chi connectivity index (χ0v) is 8.20. The topological polar surface area (TPSA) is 73.1 Å². The minimum atomic E-state index is -1.55. The molecule has 13 heavy (non-hydrogen) atoms. The number of aliphatic imine (C=N–C) groups is 1. The Morgan fingerprint density at radius 3 is 2.08 bits per heavy atom. The van der Waals surface area contributed by atoms with E-state index in [1.165, 1.54) is 6.92 Å².